The lowest BCUT2D eigenvalue weighted by Gasteiger charge is -2.04. The highest BCUT2D eigenvalue weighted by Crippen LogP contribution is 2.30. The SMILES string of the molecule is O=C(CCNC1CC1)NCc1cc2c(s1)CCC2. The van der Waals surface area contributed by atoms with E-state index < -0.39 is 0 Å². The minimum Gasteiger partial charge on any atom is -0.351 e. The highest BCUT2D eigenvalue weighted by molar-refractivity contribution is 7.12. The van der Waals surface area contributed by atoms with Crippen LogP contribution in [0.5, 0.6) is 0 Å². The van der Waals surface area contributed by atoms with Gasteiger partial charge >= 0.3 is 0 Å². The van der Waals surface area contributed by atoms with Crippen molar-refractivity contribution < 1.29 is 4.79 Å². The second kappa shape index (κ2) is 5.41. The molecule has 2 N–H and O–H groups in total. The van der Waals surface area contributed by atoms with E-state index >= 15 is 0 Å². The normalized spacial score (nSPS) is 17.8. The van der Waals surface area contributed by atoms with Gasteiger partial charge in [-0.2, -0.15) is 0 Å². The number of fused-ring (bicyclic) bond motifs is 1. The van der Waals surface area contributed by atoms with Gasteiger partial charge in [0.05, 0.1) is 6.54 Å². The first-order chi connectivity index (χ1) is 8.81. The van der Waals surface area contributed by atoms with E-state index in [1.807, 2.05) is 11.3 Å². The van der Waals surface area contributed by atoms with Crippen molar-refractivity contribution in [2.45, 2.75) is 51.1 Å². The summed E-state index contributed by atoms with van der Waals surface area (Å²) in [6.07, 6.45) is 6.93. The van der Waals surface area contributed by atoms with E-state index in [1.165, 1.54) is 47.4 Å². The Labute approximate surface area is 112 Å². The predicted octanol–water partition coefficient (Wildman–Crippen LogP) is 2.00. The lowest BCUT2D eigenvalue weighted by molar-refractivity contribution is -0.121. The van der Waals surface area contributed by atoms with Gasteiger partial charge in [0, 0.05) is 28.8 Å². The van der Waals surface area contributed by atoms with Gasteiger partial charge in [0.15, 0.2) is 0 Å². The fourth-order valence-corrected chi connectivity index (χ4v) is 3.63. The number of amides is 1. The molecule has 2 aliphatic carbocycles. The molecule has 0 saturated heterocycles. The summed E-state index contributed by atoms with van der Waals surface area (Å²) in [5.41, 5.74) is 1.51. The maximum atomic E-state index is 11.6. The zero-order chi connectivity index (χ0) is 12.4. The number of carbonyl (C=O) groups excluding carboxylic acids is 1. The molecule has 1 amide bonds. The van der Waals surface area contributed by atoms with Crippen LogP contribution in [0.1, 0.15) is 41.0 Å². The summed E-state index contributed by atoms with van der Waals surface area (Å²) < 4.78 is 0. The smallest absolute Gasteiger partial charge is 0.221 e. The maximum Gasteiger partial charge on any atom is 0.221 e. The third kappa shape index (κ3) is 3.12. The first-order valence-electron chi connectivity index (χ1n) is 6.92. The molecule has 1 fully saturated rings. The lowest BCUT2D eigenvalue weighted by Crippen LogP contribution is -2.27. The van der Waals surface area contributed by atoms with Gasteiger partial charge in [0.1, 0.15) is 0 Å². The third-order valence-corrected chi connectivity index (χ3v) is 4.86. The number of aryl methyl sites for hydroxylation is 2. The molecule has 1 saturated carbocycles. The Balaban J connectivity index is 1.38. The summed E-state index contributed by atoms with van der Waals surface area (Å²) in [5.74, 6) is 0.164. The van der Waals surface area contributed by atoms with E-state index in [2.05, 4.69) is 16.7 Å². The van der Waals surface area contributed by atoms with Crippen LogP contribution in [0.4, 0.5) is 0 Å². The van der Waals surface area contributed by atoms with E-state index in [9.17, 15) is 4.79 Å². The van der Waals surface area contributed by atoms with Crippen LogP contribution in [-0.2, 0) is 24.2 Å². The second-order valence-electron chi connectivity index (χ2n) is 5.27. The highest BCUT2D eigenvalue weighted by atomic mass is 32.1. The number of thiophene rings is 1. The van der Waals surface area contributed by atoms with Crippen LogP contribution < -0.4 is 10.6 Å². The number of hydrogen-bond acceptors (Lipinski definition) is 3. The number of carbonyl (C=O) groups is 1. The summed E-state index contributed by atoms with van der Waals surface area (Å²) in [7, 11) is 0. The number of nitrogens with one attached hydrogen (secondary N) is 2. The topological polar surface area (TPSA) is 41.1 Å². The molecule has 3 rings (SSSR count). The van der Waals surface area contributed by atoms with Gasteiger partial charge in [-0.3, -0.25) is 4.79 Å². The Bertz CT molecular complexity index is 416. The zero-order valence-corrected chi connectivity index (χ0v) is 11.4. The van der Waals surface area contributed by atoms with Gasteiger partial charge in [-0.1, -0.05) is 0 Å². The Morgan fingerprint density at radius 1 is 1.39 bits per heavy atom. The van der Waals surface area contributed by atoms with E-state index in [4.69, 9.17) is 0 Å². The first-order valence-corrected chi connectivity index (χ1v) is 7.73. The quantitative estimate of drug-likeness (QED) is 0.825. The molecule has 4 heteroatoms. The van der Waals surface area contributed by atoms with Crippen molar-refractivity contribution in [3.05, 3.63) is 21.4 Å². The third-order valence-electron chi connectivity index (χ3n) is 3.62. The average molecular weight is 264 g/mol. The van der Waals surface area contributed by atoms with Crippen LogP contribution in [0.3, 0.4) is 0 Å². The molecule has 0 unspecified atom stereocenters. The van der Waals surface area contributed by atoms with Crippen molar-refractivity contribution in [2.75, 3.05) is 6.54 Å². The summed E-state index contributed by atoms with van der Waals surface area (Å²) in [6.45, 7) is 1.53. The molecular formula is C14H20N2OS. The highest BCUT2D eigenvalue weighted by Gasteiger charge is 2.20. The number of hydrogen-bond donors (Lipinski definition) is 2. The molecule has 0 radical (unpaired) electrons. The minimum absolute atomic E-state index is 0.164. The van der Waals surface area contributed by atoms with Crippen LogP contribution >= 0.6 is 11.3 Å². The summed E-state index contributed by atoms with van der Waals surface area (Å²) in [4.78, 5) is 14.5. The van der Waals surface area contributed by atoms with E-state index in [0.29, 0.717) is 19.0 Å². The zero-order valence-electron chi connectivity index (χ0n) is 10.6. The molecular weight excluding hydrogens is 244 g/mol. The van der Waals surface area contributed by atoms with Crippen molar-refractivity contribution in [3.63, 3.8) is 0 Å². The van der Waals surface area contributed by atoms with Crippen LogP contribution in [-0.4, -0.2) is 18.5 Å². The monoisotopic (exact) mass is 264 g/mol. The Kier molecular flexibility index (Phi) is 3.66. The molecule has 1 aromatic rings. The molecule has 1 aromatic heterocycles. The molecule has 98 valence electrons. The standard InChI is InChI=1S/C14H20N2OS/c17-14(6-7-15-11-4-5-11)16-9-12-8-10-2-1-3-13(10)18-12/h8,11,15H,1-7,9H2,(H,16,17). The Morgan fingerprint density at radius 3 is 3.06 bits per heavy atom. The lowest BCUT2D eigenvalue weighted by atomic mass is 10.2. The second-order valence-corrected chi connectivity index (χ2v) is 6.49. The Hall–Kier alpha value is -0.870. The molecule has 0 spiro atoms. The predicted molar refractivity (Wildman–Crippen MR) is 73.8 cm³/mol. The Morgan fingerprint density at radius 2 is 2.28 bits per heavy atom. The van der Waals surface area contributed by atoms with Gasteiger partial charge in [-0.15, -0.1) is 11.3 Å². The summed E-state index contributed by atoms with van der Waals surface area (Å²) >= 11 is 1.87. The molecule has 18 heavy (non-hydrogen) atoms. The van der Waals surface area contributed by atoms with Crippen LogP contribution in [0.25, 0.3) is 0 Å². The average Bonchev–Trinajstić information content (AvgIpc) is 2.93. The minimum atomic E-state index is 0.164. The fourth-order valence-electron chi connectivity index (χ4n) is 2.43. The summed E-state index contributed by atoms with van der Waals surface area (Å²) in [5, 5.41) is 6.37. The van der Waals surface area contributed by atoms with Gasteiger partial charge < -0.3 is 10.6 Å². The first kappa shape index (κ1) is 12.2. The fraction of sp³-hybridized carbons (Fsp3) is 0.643. The van der Waals surface area contributed by atoms with Crippen molar-refractivity contribution in [1.29, 1.82) is 0 Å². The molecule has 0 aromatic carbocycles. The van der Waals surface area contributed by atoms with Crippen molar-refractivity contribution in [1.82, 2.24) is 10.6 Å². The molecule has 0 aliphatic heterocycles. The van der Waals surface area contributed by atoms with E-state index in [-0.39, 0.29) is 5.91 Å². The van der Waals surface area contributed by atoms with Crippen LogP contribution in [0.15, 0.2) is 6.07 Å². The maximum absolute atomic E-state index is 11.6. The number of rotatable bonds is 6. The van der Waals surface area contributed by atoms with E-state index in [0.717, 1.165) is 6.54 Å². The largest absolute Gasteiger partial charge is 0.351 e. The van der Waals surface area contributed by atoms with Crippen molar-refractivity contribution in [2.24, 2.45) is 0 Å². The van der Waals surface area contributed by atoms with Gasteiger partial charge in [0.25, 0.3) is 0 Å². The molecule has 3 nitrogen and oxygen atoms in total. The van der Waals surface area contributed by atoms with Crippen molar-refractivity contribution >= 4 is 17.2 Å². The van der Waals surface area contributed by atoms with E-state index in [1.54, 1.807) is 0 Å². The summed E-state index contributed by atoms with van der Waals surface area (Å²) in [6, 6.07) is 2.97. The van der Waals surface area contributed by atoms with Crippen molar-refractivity contribution in [3.8, 4) is 0 Å². The molecule has 0 bridgehead atoms. The van der Waals surface area contributed by atoms with Gasteiger partial charge in [-0.05, 0) is 43.7 Å². The van der Waals surface area contributed by atoms with Crippen LogP contribution in [0, 0.1) is 0 Å². The van der Waals surface area contributed by atoms with Crippen LogP contribution in [0.2, 0.25) is 0 Å². The van der Waals surface area contributed by atoms with Gasteiger partial charge in [-0.25, -0.2) is 0 Å². The van der Waals surface area contributed by atoms with Gasteiger partial charge in [0.2, 0.25) is 5.91 Å². The molecule has 1 heterocycles. The molecule has 2 aliphatic rings. The molecule has 0 atom stereocenters.